The molecule has 7 heteroatoms. The van der Waals surface area contributed by atoms with E-state index in [2.05, 4.69) is 5.10 Å². The van der Waals surface area contributed by atoms with Gasteiger partial charge in [-0.05, 0) is 31.2 Å². The Labute approximate surface area is 119 Å². The number of nitriles is 1. The average Bonchev–Trinajstić information content (AvgIpc) is 2.73. The van der Waals surface area contributed by atoms with Crippen LogP contribution in [0, 0.1) is 18.3 Å². The molecule has 2 rings (SSSR count). The summed E-state index contributed by atoms with van der Waals surface area (Å²) in [7, 11) is 1.69. The summed E-state index contributed by atoms with van der Waals surface area (Å²) in [6.45, 7) is 1.75. The third-order valence-electron chi connectivity index (χ3n) is 2.89. The molecule has 1 aromatic heterocycles. The molecule has 0 aliphatic heterocycles. The summed E-state index contributed by atoms with van der Waals surface area (Å²) < 4.78 is 45.7. The summed E-state index contributed by atoms with van der Waals surface area (Å²) in [5.41, 5.74) is 0.392. The van der Waals surface area contributed by atoms with E-state index in [0.717, 1.165) is 17.8 Å². The molecule has 0 fully saturated rings. The average molecular weight is 295 g/mol. The van der Waals surface area contributed by atoms with Crippen molar-refractivity contribution in [3.63, 3.8) is 0 Å². The lowest BCUT2D eigenvalue weighted by molar-refractivity contribution is -0.139. The SMILES string of the molecule is Cc1cc(COc2ccc(C#N)cc2C(F)(F)F)n(C)n1. The molecule has 4 nitrogen and oxygen atoms in total. The molecular weight excluding hydrogens is 283 g/mol. The van der Waals surface area contributed by atoms with Gasteiger partial charge in [0.2, 0.25) is 0 Å². The fourth-order valence-electron chi connectivity index (χ4n) is 1.90. The van der Waals surface area contributed by atoms with Crippen molar-refractivity contribution in [3.05, 3.63) is 46.8 Å². The second-order valence-corrected chi connectivity index (χ2v) is 4.51. The number of ether oxygens (including phenoxy) is 1. The first-order valence-electron chi connectivity index (χ1n) is 6.05. The predicted molar refractivity (Wildman–Crippen MR) is 68.4 cm³/mol. The van der Waals surface area contributed by atoms with E-state index in [1.165, 1.54) is 6.07 Å². The van der Waals surface area contributed by atoms with E-state index < -0.39 is 11.7 Å². The van der Waals surface area contributed by atoms with Crippen molar-refractivity contribution >= 4 is 0 Å². The van der Waals surface area contributed by atoms with Crippen molar-refractivity contribution in [2.24, 2.45) is 7.05 Å². The van der Waals surface area contributed by atoms with Gasteiger partial charge in [0, 0.05) is 7.05 Å². The number of alkyl halides is 3. The second-order valence-electron chi connectivity index (χ2n) is 4.51. The Kier molecular flexibility index (Phi) is 3.89. The van der Waals surface area contributed by atoms with Gasteiger partial charge in [0.25, 0.3) is 0 Å². The maximum Gasteiger partial charge on any atom is 0.420 e. The zero-order chi connectivity index (χ0) is 15.6. The first kappa shape index (κ1) is 14.9. The fourth-order valence-corrected chi connectivity index (χ4v) is 1.90. The van der Waals surface area contributed by atoms with Gasteiger partial charge in [-0.25, -0.2) is 0 Å². The Hall–Kier alpha value is -2.49. The van der Waals surface area contributed by atoms with Crippen LogP contribution in [0.1, 0.15) is 22.5 Å². The van der Waals surface area contributed by atoms with Gasteiger partial charge in [-0.2, -0.15) is 23.5 Å². The van der Waals surface area contributed by atoms with Gasteiger partial charge in [0.1, 0.15) is 12.4 Å². The molecule has 0 amide bonds. The summed E-state index contributed by atoms with van der Waals surface area (Å²) >= 11 is 0. The molecule has 110 valence electrons. The van der Waals surface area contributed by atoms with Crippen molar-refractivity contribution in [2.45, 2.75) is 19.7 Å². The Morgan fingerprint density at radius 2 is 2.05 bits per heavy atom. The van der Waals surface area contributed by atoms with E-state index in [1.54, 1.807) is 30.8 Å². The maximum atomic E-state index is 13.0. The minimum Gasteiger partial charge on any atom is -0.487 e. The first-order valence-corrected chi connectivity index (χ1v) is 6.05. The van der Waals surface area contributed by atoms with Gasteiger partial charge in [0.15, 0.2) is 0 Å². The molecule has 0 atom stereocenters. The first-order chi connectivity index (χ1) is 9.81. The molecule has 0 spiro atoms. The molecule has 0 radical (unpaired) electrons. The highest BCUT2D eigenvalue weighted by Gasteiger charge is 2.34. The van der Waals surface area contributed by atoms with E-state index in [-0.39, 0.29) is 17.9 Å². The monoisotopic (exact) mass is 295 g/mol. The molecule has 21 heavy (non-hydrogen) atoms. The van der Waals surface area contributed by atoms with E-state index in [1.807, 2.05) is 0 Å². The van der Waals surface area contributed by atoms with E-state index >= 15 is 0 Å². The number of aryl methyl sites for hydroxylation is 2. The van der Waals surface area contributed by atoms with Crippen molar-refractivity contribution in [3.8, 4) is 11.8 Å². The zero-order valence-corrected chi connectivity index (χ0v) is 11.4. The zero-order valence-electron chi connectivity index (χ0n) is 11.4. The fraction of sp³-hybridized carbons (Fsp3) is 0.286. The van der Waals surface area contributed by atoms with Crippen LogP contribution in [0.3, 0.4) is 0 Å². The van der Waals surface area contributed by atoms with Gasteiger partial charge < -0.3 is 4.74 Å². The highest BCUT2D eigenvalue weighted by atomic mass is 19.4. The smallest absolute Gasteiger partial charge is 0.420 e. The minimum atomic E-state index is -4.58. The van der Waals surface area contributed by atoms with Crippen LogP contribution in [0.25, 0.3) is 0 Å². The van der Waals surface area contributed by atoms with Gasteiger partial charge in [0.05, 0.1) is 28.6 Å². The van der Waals surface area contributed by atoms with Crippen molar-refractivity contribution in [1.29, 1.82) is 5.26 Å². The van der Waals surface area contributed by atoms with Crippen LogP contribution in [0.5, 0.6) is 5.75 Å². The summed E-state index contributed by atoms with van der Waals surface area (Å²) in [6, 6.07) is 6.65. The molecule has 2 aromatic rings. The number of aromatic nitrogens is 2. The highest BCUT2D eigenvalue weighted by Crippen LogP contribution is 2.37. The molecule has 1 aromatic carbocycles. The van der Waals surface area contributed by atoms with Gasteiger partial charge in [-0.3, -0.25) is 4.68 Å². The van der Waals surface area contributed by atoms with Crippen molar-refractivity contribution in [2.75, 3.05) is 0 Å². The van der Waals surface area contributed by atoms with E-state index in [0.29, 0.717) is 5.69 Å². The number of hydrogen-bond acceptors (Lipinski definition) is 3. The Morgan fingerprint density at radius 1 is 1.33 bits per heavy atom. The van der Waals surface area contributed by atoms with Crippen LogP contribution in [0.15, 0.2) is 24.3 Å². The third-order valence-corrected chi connectivity index (χ3v) is 2.89. The van der Waals surface area contributed by atoms with E-state index in [9.17, 15) is 13.2 Å². The number of halogens is 3. The van der Waals surface area contributed by atoms with E-state index in [4.69, 9.17) is 10.00 Å². The Bertz CT molecular complexity index is 698. The van der Waals surface area contributed by atoms with Crippen LogP contribution in [-0.2, 0) is 19.8 Å². The van der Waals surface area contributed by atoms with Crippen LogP contribution in [0.2, 0.25) is 0 Å². The Morgan fingerprint density at radius 3 is 2.57 bits per heavy atom. The quantitative estimate of drug-likeness (QED) is 0.873. The second kappa shape index (κ2) is 5.48. The molecule has 0 bridgehead atoms. The summed E-state index contributed by atoms with van der Waals surface area (Å²) in [5.74, 6) is -0.305. The van der Waals surface area contributed by atoms with Crippen molar-refractivity contribution < 1.29 is 17.9 Å². The van der Waals surface area contributed by atoms with Crippen LogP contribution in [-0.4, -0.2) is 9.78 Å². The molecule has 0 saturated carbocycles. The summed E-state index contributed by atoms with van der Waals surface area (Å²) in [4.78, 5) is 0. The van der Waals surface area contributed by atoms with Crippen molar-refractivity contribution in [1.82, 2.24) is 9.78 Å². The minimum absolute atomic E-state index is 0.0354. The van der Waals surface area contributed by atoms with Crippen LogP contribution >= 0.6 is 0 Å². The lowest BCUT2D eigenvalue weighted by Gasteiger charge is -2.14. The summed E-state index contributed by atoms with van der Waals surface area (Å²) in [6.07, 6.45) is -4.58. The predicted octanol–water partition coefficient (Wildman–Crippen LogP) is 3.20. The van der Waals surface area contributed by atoms with Crippen LogP contribution < -0.4 is 4.74 Å². The largest absolute Gasteiger partial charge is 0.487 e. The lowest BCUT2D eigenvalue weighted by Crippen LogP contribution is -2.10. The maximum absolute atomic E-state index is 13.0. The molecule has 0 aliphatic carbocycles. The molecular formula is C14H12F3N3O. The van der Waals surface area contributed by atoms with Gasteiger partial charge in [-0.1, -0.05) is 0 Å². The molecule has 0 N–H and O–H groups in total. The number of hydrogen-bond donors (Lipinski definition) is 0. The third kappa shape index (κ3) is 3.34. The Balaban J connectivity index is 2.28. The molecule has 0 unspecified atom stereocenters. The number of benzene rings is 1. The topological polar surface area (TPSA) is 50.8 Å². The van der Waals surface area contributed by atoms with Crippen LogP contribution in [0.4, 0.5) is 13.2 Å². The summed E-state index contributed by atoms with van der Waals surface area (Å²) in [5, 5.41) is 12.8. The highest BCUT2D eigenvalue weighted by molar-refractivity contribution is 5.43. The standard InChI is InChI=1S/C14H12F3N3O/c1-9-5-11(20(2)19-9)8-21-13-4-3-10(7-18)6-12(13)14(15,16)17/h3-6H,8H2,1-2H3. The normalized spacial score (nSPS) is 11.2. The molecule has 1 heterocycles. The van der Waals surface area contributed by atoms with Gasteiger partial charge >= 0.3 is 6.18 Å². The molecule has 0 aliphatic rings. The van der Waals surface area contributed by atoms with Gasteiger partial charge in [-0.15, -0.1) is 0 Å². The number of rotatable bonds is 3. The lowest BCUT2D eigenvalue weighted by atomic mass is 10.1. The molecule has 0 saturated heterocycles. The number of nitrogens with zero attached hydrogens (tertiary/aromatic N) is 3.